The van der Waals surface area contributed by atoms with Gasteiger partial charge in [-0.3, -0.25) is 9.78 Å². The van der Waals surface area contributed by atoms with Gasteiger partial charge in [0, 0.05) is 19.3 Å². The van der Waals surface area contributed by atoms with Crippen LogP contribution in [0.2, 0.25) is 0 Å². The Morgan fingerprint density at radius 2 is 2.25 bits per heavy atom. The molecule has 1 aromatic heterocycles. The SMILES string of the molecule is CN(Cc1ccccn1)C(=O)NC(CC(=O)O)C1CC1. The number of hydrogen-bond acceptors (Lipinski definition) is 3. The Bertz CT molecular complexity index is 474. The highest BCUT2D eigenvalue weighted by atomic mass is 16.4. The standard InChI is InChI=1S/C14H19N3O3/c1-17(9-11-4-2-3-7-15-11)14(20)16-12(8-13(18)19)10-5-6-10/h2-4,7,10,12H,5-6,8-9H2,1H3,(H,16,20)(H,18,19). The Morgan fingerprint density at radius 3 is 2.80 bits per heavy atom. The normalized spacial score (nSPS) is 15.4. The molecule has 1 aliphatic carbocycles. The number of carboxylic acids is 1. The molecule has 1 heterocycles. The average molecular weight is 277 g/mol. The number of carboxylic acid groups (broad SMARTS) is 1. The Labute approximate surface area is 117 Å². The highest BCUT2D eigenvalue weighted by molar-refractivity contribution is 5.75. The summed E-state index contributed by atoms with van der Waals surface area (Å²) in [5.74, 6) is -0.576. The molecule has 1 aliphatic rings. The van der Waals surface area contributed by atoms with Crippen molar-refractivity contribution in [2.24, 2.45) is 5.92 Å². The van der Waals surface area contributed by atoms with E-state index < -0.39 is 5.97 Å². The van der Waals surface area contributed by atoms with Crippen LogP contribution in [0.4, 0.5) is 4.79 Å². The second-order valence-electron chi connectivity index (χ2n) is 5.17. The zero-order valence-electron chi connectivity index (χ0n) is 11.5. The topological polar surface area (TPSA) is 82.5 Å². The van der Waals surface area contributed by atoms with Gasteiger partial charge in [0.1, 0.15) is 0 Å². The van der Waals surface area contributed by atoms with E-state index in [1.54, 1.807) is 13.2 Å². The van der Waals surface area contributed by atoms with Gasteiger partial charge in [0.25, 0.3) is 0 Å². The van der Waals surface area contributed by atoms with E-state index in [9.17, 15) is 9.59 Å². The zero-order chi connectivity index (χ0) is 14.5. The molecule has 0 spiro atoms. The third kappa shape index (κ3) is 4.22. The first-order chi connectivity index (χ1) is 9.56. The van der Waals surface area contributed by atoms with Crippen molar-refractivity contribution in [3.63, 3.8) is 0 Å². The fourth-order valence-corrected chi connectivity index (χ4v) is 2.10. The first kappa shape index (κ1) is 14.3. The summed E-state index contributed by atoms with van der Waals surface area (Å²) in [5.41, 5.74) is 0.798. The maximum atomic E-state index is 12.1. The van der Waals surface area contributed by atoms with Gasteiger partial charge in [-0.2, -0.15) is 0 Å². The molecule has 1 aromatic rings. The van der Waals surface area contributed by atoms with Crippen molar-refractivity contribution < 1.29 is 14.7 Å². The molecule has 20 heavy (non-hydrogen) atoms. The minimum Gasteiger partial charge on any atom is -0.481 e. The summed E-state index contributed by atoms with van der Waals surface area (Å²) >= 11 is 0. The molecule has 1 unspecified atom stereocenters. The summed E-state index contributed by atoms with van der Waals surface area (Å²) in [6.07, 6.45) is 3.64. The molecule has 0 radical (unpaired) electrons. The molecule has 6 nitrogen and oxygen atoms in total. The molecular weight excluding hydrogens is 258 g/mol. The maximum absolute atomic E-state index is 12.1. The quantitative estimate of drug-likeness (QED) is 0.825. The van der Waals surface area contributed by atoms with Crippen LogP contribution in [0.3, 0.4) is 0 Å². The number of aliphatic carboxylic acids is 1. The molecule has 6 heteroatoms. The number of nitrogens with zero attached hydrogens (tertiary/aromatic N) is 2. The van der Waals surface area contributed by atoms with E-state index in [0.717, 1.165) is 18.5 Å². The van der Waals surface area contributed by atoms with Crippen molar-refractivity contribution in [1.82, 2.24) is 15.2 Å². The van der Waals surface area contributed by atoms with Gasteiger partial charge in [0.2, 0.25) is 0 Å². The molecule has 0 aromatic carbocycles. The summed E-state index contributed by atoms with van der Waals surface area (Å²) in [4.78, 5) is 28.5. The molecule has 0 aliphatic heterocycles. The van der Waals surface area contributed by atoms with E-state index in [0.29, 0.717) is 12.5 Å². The van der Waals surface area contributed by atoms with Gasteiger partial charge >= 0.3 is 12.0 Å². The van der Waals surface area contributed by atoms with E-state index in [-0.39, 0.29) is 18.5 Å². The minimum atomic E-state index is -0.880. The lowest BCUT2D eigenvalue weighted by molar-refractivity contribution is -0.137. The van der Waals surface area contributed by atoms with Gasteiger partial charge in [-0.25, -0.2) is 4.79 Å². The molecular formula is C14H19N3O3. The molecule has 2 N–H and O–H groups in total. The molecule has 2 amide bonds. The highest BCUT2D eigenvalue weighted by Gasteiger charge is 2.34. The molecule has 0 saturated heterocycles. The number of hydrogen-bond donors (Lipinski definition) is 2. The van der Waals surface area contributed by atoms with E-state index in [4.69, 9.17) is 5.11 Å². The summed E-state index contributed by atoms with van der Waals surface area (Å²) in [7, 11) is 1.68. The number of nitrogens with one attached hydrogen (secondary N) is 1. The first-order valence-electron chi connectivity index (χ1n) is 6.69. The van der Waals surface area contributed by atoms with Crippen LogP contribution in [0.1, 0.15) is 25.0 Å². The lowest BCUT2D eigenvalue weighted by atomic mass is 10.1. The minimum absolute atomic E-state index is 0.0200. The monoisotopic (exact) mass is 277 g/mol. The Morgan fingerprint density at radius 1 is 1.50 bits per heavy atom. The fourth-order valence-electron chi connectivity index (χ4n) is 2.10. The summed E-state index contributed by atoms with van der Waals surface area (Å²) in [6, 6.07) is 5.00. The Balaban J connectivity index is 1.87. The van der Waals surface area contributed by atoms with Crippen LogP contribution in [0.15, 0.2) is 24.4 Å². The van der Waals surface area contributed by atoms with Crippen LogP contribution in [0.25, 0.3) is 0 Å². The van der Waals surface area contributed by atoms with Crippen molar-refractivity contribution in [1.29, 1.82) is 0 Å². The molecule has 1 atom stereocenters. The van der Waals surface area contributed by atoms with Gasteiger partial charge < -0.3 is 15.3 Å². The van der Waals surface area contributed by atoms with Crippen LogP contribution in [0.5, 0.6) is 0 Å². The summed E-state index contributed by atoms with van der Waals surface area (Å²) in [5, 5.41) is 11.7. The lowest BCUT2D eigenvalue weighted by Crippen LogP contribution is -2.44. The number of carbonyl (C=O) groups excluding carboxylic acids is 1. The van der Waals surface area contributed by atoms with Crippen molar-refractivity contribution in [2.75, 3.05) is 7.05 Å². The van der Waals surface area contributed by atoms with E-state index in [2.05, 4.69) is 10.3 Å². The number of rotatable bonds is 6. The van der Waals surface area contributed by atoms with Crippen molar-refractivity contribution in [2.45, 2.75) is 31.8 Å². The number of urea groups is 1. The van der Waals surface area contributed by atoms with E-state index >= 15 is 0 Å². The molecule has 108 valence electrons. The Kier molecular flexibility index (Phi) is 4.55. The van der Waals surface area contributed by atoms with Crippen molar-refractivity contribution >= 4 is 12.0 Å². The Hall–Kier alpha value is -2.11. The van der Waals surface area contributed by atoms with Crippen molar-refractivity contribution in [3.05, 3.63) is 30.1 Å². The summed E-state index contributed by atoms with van der Waals surface area (Å²) < 4.78 is 0. The molecule has 1 fully saturated rings. The van der Waals surface area contributed by atoms with Gasteiger partial charge in [0.15, 0.2) is 0 Å². The third-order valence-corrected chi connectivity index (χ3v) is 3.37. The zero-order valence-corrected chi connectivity index (χ0v) is 11.5. The second-order valence-corrected chi connectivity index (χ2v) is 5.17. The van der Waals surface area contributed by atoms with Gasteiger partial charge in [0.05, 0.1) is 18.7 Å². The predicted molar refractivity (Wildman–Crippen MR) is 73.0 cm³/mol. The van der Waals surface area contributed by atoms with Gasteiger partial charge in [-0.05, 0) is 30.9 Å². The van der Waals surface area contributed by atoms with Crippen LogP contribution < -0.4 is 5.32 Å². The molecule has 1 saturated carbocycles. The number of carbonyl (C=O) groups is 2. The maximum Gasteiger partial charge on any atom is 0.317 e. The van der Waals surface area contributed by atoms with Crippen LogP contribution in [-0.2, 0) is 11.3 Å². The average Bonchev–Trinajstić information content (AvgIpc) is 3.22. The predicted octanol–water partition coefficient (Wildman–Crippen LogP) is 1.48. The van der Waals surface area contributed by atoms with Crippen LogP contribution >= 0.6 is 0 Å². The first-order valence-corrected chi connectivity index (χ1v) is 6.69. The van der Waals surface area contributed by atoms with E-state index in [1.807, 2.05) is 18.2 Å². The summed E-state index contributed by atoms with van der Waals surface area (Å²) in [6.45, 7) is 0.400. The molecule has 0 bridgehead atoms. The highest BCUT2D eigenvalue weighted by Crippen LogP contribution is 2.34. The second kappa shape index (κ2) is 6.36. The largest absolute Gasteiger partial charge is 0.481 e. The van der Waals surface area contributed by atoms with Gasteiger partial charge in [-0.15, -0.1) is 0 Å². The fraction of sp³-hybridized carbons (Fsp3) is 0.500. The van der Waals surface area contributed by atoms with Crippen LogP contribution in [0, 0.1) is 5.92 Å². The third-order valence-electron chi connectivity index (χ3n) is 3.37. The number of amides is 2. The van der Waals surface area contributed by atoms with E-state index in [1.165, 1.54) is 4.90 Å². The number of aromatic nitrogens is 1. The molecule has 2 rings (SSSR count). The van der Waals surface area contributed by atoms with Crippen LogP contribution in [-0.4, -0.2) is 40.1 Å². The number of pyridine rings is 1. The van der Waals surface area contributed by atoms with Crippen molar-refractivity contribution in [3.8, 4) is 0 Å². The lowest BCUT2D eigenvalue weighted by Gasteiger charge is -2.22. The van der Waals surface area contributed by atoms with Gasteiger partial charge in [-0.1, -0.05) is 6.07 Å². The smallest absolute Gasteiger partial charge is 0.317 e.